The van der Waals surface area contributed by atoms with Crippen molar-refractivity contribution in [3.05, 3.63) is 47.5 Å². The number of benzene rings is 2. The Labute approximate surface area is 148 Å². The van der Waals surface area contributed by atoms with Crippen LogP contribution in [0.1, 0.15) is 11.1 Å². The van der Waals surface area contributed by atoms with E-state index in [-0.39, 0.29) is 11.4 Å². The minimum atomic E-state index is -3.67. The van der Waals surface area contributed by atoms with Gasteiger partial charge in [0.25, 0.3) is 0 Å². The van der Waals surface area contributed by atoms with Crippen LogP contribution in [0, 0.1) is 6.92 Å². The first-order valence-corrected chi connectivity index (χ1v) is 9.35. The molecule has 3 rings (SSSR count). The highest BCUT2D eigenvalue weighted by molar-refractivity contribution is 7.89. The summed E-state index contributed by atoms with van der Waals surface area (Å²) in [6.07, 6.45) is 0. The fourth-order valence-corrected chi connectivity index (χ4v) is 3.88. The third-order valence-electron chi connectivity index (χ3n) is 4.05. The summed E-state index contributed by atoms with van der Waals surface area (Å²) in [5.74, 6) is 1.68. The Bertz CT molecular complexity index is 879. The highest BCUT2D eigenvalue weighted by Crippen LogP contribution is 2.33. The van der Waals surface area contributed by atoms with Crippen molar-refractivity contribution in [3.8, 4) is 17.2 Å². The average molecular weight is 363 g/mol. The SMILES string of the molecule is COc1ccc(C)cc1CN(C)S(=O)(=O)c1ccc2c(c1)OCCO2. The standard InChI is InChI=1S/C18H21NO5S/c1-13-4-6-16(22-3)14(10-13)12-19(2)25(20,21)15-5-7-17-18(11-15)24-9-8-23-17/h4-7,10-11H,8-9,12H2,1-3H3. The fraction of sp³-hybridized carbons (Fsp3) is 0.333. The third-order valence-corrected chi connectivity index (χ3v) is 5.85. The molecule has 2 aromatic rings. The number of fused-ring (bicyclic) bond motifs is 1. The first-order valence-electron chi connectivity index (χ1n) is 7.91. The molecule has 0 aromatic heterocycles. The van der Waals surface area contributed by atoms with Crippen LogP contribution in [0.3, 0.4) is 0 Å². The average Bonchev–Trinajstić information content (AvgIpc) is 2.61. The first kappa shape index (κ1) is 17.6. The molecule has 0 atom stereocenters. The smallest absolute Gasteiger partial charge is 0.243 e. The molecule has 0 saturated carbocycles. The van der Waals surface area contributed by atoms with E-state index >= 15 is 0 Å². The second-order valence-corrected chi connectivity index (χ2v) is 7.93. The quantitative estimate of drug-likeness (QED) is 0.817. The molecular weight excluding hydrogens is 342 g/mol. The number of aryl methyl sites for hydroxylation is 1. The molecule has 0 radical (unpaired) electrons. The van der Waals surface area contributed by atoms with E-state index in [1.807, 2.05) is 25.1 Å². The van der Waals surface area contributed by atoms with Crippen LogP contribution in [0.5, 0.6) is 17.2 Å². The van der Waals surface area contributed by atoms with Crippen molar-refractivity contribution in [2.24, 2.45) is 0 Å². The lowest BCUT2D eigenvalue weighted by atomic mass is 10.1. The molecule has 0 saturated heterocycles. The Morgan fingerprint density at radius 1 is 1.08 bits per heavy atom. The Morgan fingerprint density at radius 2 is 1.80 bits per heavy atom. The van der Waals surface area contributed by atoms with Crippen LogP contribution < -0.4 is 14.2 Å². The molecular formula is C18H21NO5S. The molecule has 134 valence electrons. The van der Waals surface area contributed by atoms with E-state index in [1.54, 1.807) is 20.2 Å². The van der Waals surface area contributed by atoms with Gasteiger partial charge in [0.15, 0.2) is 11.5 Å². The van der Waals surface area contributed by atoms with Crippen molar-refractivity contribution in [2.45, 2.75) is 18.4 Å². The van der Waals surface area contributed by atoms with Gasteiger partial charge < -0.3 is 14.2 Å². The first-order chi connectivity index (χ1) is 11.9. The number of ether oxygens (including phenoxy) is 3. The lowest BCUT2D eigenvalue weighted by Crippen LogP contribution is -2.27. The van der Waals surface area contributed by atoms with Gasteiger partial charge in [-0.05, 0) is 25.1 Å². The second-order valence-electron chi connectivity index (χ2n) is 5.88. The third kappa shape index (κ3) is 3.57. The van der Waals surface area contributed by atoms with Crippen molar-refractivity contribution < 1.29 is 22.6 Å². The fourth-order valence-electron chi connectivity index (χ4n) is 2.72. The molecule has 0 bridgehead atoms. The normalized spacial score (nSPS) is 13.8. The van der Waals surface area contributed by atoms with E-state index < -0.39 is 10.0 Å². The number of hydrogen-bond acceptors (Lipinski definition) is 5. The molecule has 0 spiro atoms. The molecule has 0 aliphatic carbocycles. The van der Waals surface area contributed by atoms with Crippen molar-refractivity contribution in [3.63, 3.8) is 0 Å². The summed E-state index contributed by atoms with van der Waals surface area (Å²) in [5, 5.41) is 0. The lowest BCUT2D eigenvalue weighted by molar-refractivity contribution is 0.171. The van der Waals surface area contributed by atoms with Crippen LogP contribution in [0.15, 0.2) is 41.3 Å². The van der Waals surface area contributed by atoms with Gasteiger partial charge in [0.2, 0.25) is 10.0 Å². The predicted octanol–water partition coefficient (Wildman–Crippen LogP) is 2.60. The van der Waals surface area contributed by atoms with Crippen LogP contribution in [-0.2, 0) is 16.6 Å². The van der Waals surface area contributed by atoms with E-state index in [9.17, 15) is 8.42 Å². The Hall–Kier alpha value is -2.25. The monoisotopic (exact) mass is 363 g/mol. The Kier molecular flexibility index (Phi) is 4.87. The van der Waals surface area contributed by atoms with Crippen molar-refractivity contribution in [1.82, 2.24) is 4.31 Å². The van der Waals surface area contributed by atoms with Gasteiger partial charge in [0, 0.05) is 25.2 Å². The summed E-state index contributed by atoms with van der Waals surface area (Å²) >= 11 is 0. The summed E-state index contributed by atoms with van der Waals surface area (Å²) in [6, 6.07) is 10.4. The van der Waals surface area contributed by atoms with Gasteiger partial charge in [0.05, 0.1) is 12.0 Å². The van der Waals surface area contributed by atoms with Crippen molar-refractivity contribution >= 4 is 10.0 Å². The summed E-state index contributed by atoms with van der Waals surface area (Å²) in [4.78, 5) is 0.172. The van der Waals surface area contributed by atoms with E-state index in [4.69, 9.17) is 14.2 Å². The number of rotatable bonds is 5. The molecule has 1 aliphatic rings. The zero-order valence-corrected chi connectivity index (χ0v) is 15.3. The van der Waals surface area contributed by atoms with Gasteiger partial charge in [0.1, 0.15) is 19.0 Å². The van der Waals surface area contributed by atoms with Gasteiger partial charge in [-0.3, -0.25) is 0 Å². The molecule has 1 heterocycles. The largest absolute Gasteiger partial charge is 0.496 e. The molecule has 6 nitrogen and oxygen atoms in total. The molecule has 0 unspecified atom stereocenters. The molecule has 7 heteroatoms. The minimum Gasteiger partial charge on any atom is -0.496 e. The van der Waals surface area contributed by atoms with Gasteiger partial charge in [-0.2, -0.15) is 4.31 Å². The minimum absolute atomic E-state index is 0.172. The summed E-state index contributed by atoms with van der Waals surface area (Å²) in [6.45, 7) is 3.04. The molecule has 0 fully saturated rings. The maximum absolute atomic E-state index is 12.9. The van der Waals surface area contributed by atoms with E-state index in [2.05, 4.69) is 0 Å². The van der Waals surface area contributed by atoms with Gasteiger partial charge in [-0.15, -0.1) is 0 Å². The van der Waals surface area contributed by atoms with E-state index in [0.717, 1.165) is 11.1 Å². The van der Waals surface area contributed by atoms with E-state index in [1.165, 1.54) is 16.4 Å². The number of hydrogen-bond donors (Lipinski definition) is 0. The number of methoxy groups -OCH3 is 1. The number of sulfonamides is 1. The highest BCUT2D eigenvalue weighted by Gasteiger charge is 2.24. The highest BCUT2D eigenvalue weighted by atomic mass is 32.2. The maximum Gasteiger partial charge on any atom is 0.243 e. The van der Waals surface area contributed by atoms with Crippen LogP contribution in [0.25, 0.3) is 0 Å². The zero-order chi connectivity index (χ0) is 18.0. The molecule has 0 N–H and O–H groups in total. The molecule has 0 amide bonds. The van der Waals surface area contributed by atoms with Crippen molar-refractivity contribution in [1.29, 1.82) is 0 Å². The summed E-state index contributed by atoms with van der Waals surface area (Å²) in [5.41, 5.74) is 1.85. The Balaban J connectivity index is 1.88. The van der Waals surface area contributed by atoms with E-state index in [0.29, 0.717) is 30.5 Å². The van der Waals surface area contributed by atoms with Crippen LogP contribution >= 0.6 is 0 Å². The van der Waals surface area contributed by atoms with Crippen LogP contribution in [-0.4, -0.2) is 40.1 Å². The second kappa shape index (κ2) is 6.93. The van der Waals surface area contributed by atoms with Crippen LogP contribution in [0.4, 0.5) is 0 Å². The van der Waals surface area contributed by atoms with Gasteiger partial charge >= 0.3 is 0 Å². The maximum atomic E-state index is 12.9. The number of nitrogens with zero attached hydrogens (tertiary/aromatic N) is 1. The molecule has 1 aliphatic heterocycles. The predicted molar refractivity (Wildman–Crippen MR) is 93.8 cm³/mol. The zero-order valence-electron chi connectivity index (χ0n) is 14.5. The van der Waals surface area contributed by atoms with Crippen molar-refractivity contribution in [2.75, 3.05) is 27.4 Å². The van der Waals surface area contributed by atoms with Gasteiger partial charge in [-0.1, -0.05) is 17.7 Å². The molecule has 2 aromatic carbocycles. The molecule has 25 heavy (non-hydrogen) atoms. The lowest BCUT2D eigenvalue weighted by Gasteiger charge is -2.22. The summed E-state index contributed by atoms with van der Waals surface area (Å²) < 4.78 is 43.4. The van der Waals surface area contributed by atoms with Gasteiger partial charge in [-0.25, -0.2) is 8.42 Å². The Morgan fingerprint density at radius 3 is 2.52 bits per heavy atom. The topological polar surface area (TPSA) is 65.1 Å². The van der Waals surface area contributed by atoms with Crippen LogP contribution in [0.2, 0.25) is 0 Å². The summed E-state index contributed by atoms with van der Waals surface area (Å²) in [7, 11) is -0.544.